The van der Waals surface area contributed by atoms with E-state index in [1.807, 2.05) is 34.9 Å². The van der Waals surface area contributed by atoms with Crippen LogP contribution >= 0.6 is 0 Å². The van der Waals surface area contributed by atoms with Crippen molar-refractivity contribution in [1.82, 2.24) is 25.0 Å². The van der Waals surface area contributed by atoms with Crippen LogP contribution in [0.5, 0.6) is 0 Å². The first-order valence-electron chi connectivity index (χ1n) is 10.4. The third-order valence-corrected chi connectivity index (χ3v) is 6.50. The number of likely N-dealkylation sites (tertiary alicyclic amines) is 2. The Morgan fingerprint density at radius 3 is 2.66 bits per heavy atom. The van der Waals surface area contributed by atoms with Crippen LogP contribution in [0.25, 0.3) is 0 Å². The van der Waals surface area contributed by atoms with Crippen molar-refractivity contribution in [3.05, 3.63) is 47.5 Å². The lowest BCUT2D eigenvalue weighted by Gasteiger charge is -2.41. The predicted octanol–water partition coefficient (Wildman–Crippen LogP) is 2.08. The van der Waals surface area contributed by atoms with E-state index in [0.29, 0.717) is 32.6 Å². The van der Waals surface area contributed by atoms with E-state index in [1.54, 1.807) is 6.92 Å². The van der Waals surface area contributed by atoms with Crippen LogP contribution in [0.4, 0.5) is 0 Å². The Balaban J connectivity index is 1.42. The summed E-state index contributed by atoms with van der Waals surface area (Å²) in [5, 5.41) is 7.39. The van der Waals surface area contributed by atoms with Gasteiger partial charge in [-0.3, -0.25) is 14.7 Å². The highest BCUT2D eigenvalue weighted by Gasteiger charge is 2.54. The molecular weight excluding hydrogens is 366 g/mol. The third-order valence-electron chi connectivity index (χ3n) is 6.50. The van der Waals surface area contributed by atoms with Gasteiger partial charge in [0, 0.05) is 45.4 Å². The number of carbonyl (C=O) groups excluding carboxylic acids is 2. The maximum atomic E-state index is 12.8. The van der Waals surface area contributed by atoms with Gasteiger partial charge < -0.3 is 9.80 Å². The molecule has 0 radical (unpaired) electrons. The standard InChI is InChI=1S/C22H29N5O2/c1-16-23-21(25-24-16)22-11-12-26(13-19(22)14-27(15-22)17(2)28)20(29)10-6-9-18-7-4-3-5-8-18/h3-5,7-8,19H,6,9-15H2,1-2H3,(H,23,24,25). The van der Waals surface area contributed by atoms with Gasteiger partial charge in [-0.1, -0.05) is 30.3 Å². The number of H-pyrrole nitrogens is 1. The van der Waals surface area contributed by atoms with Crippen molar-refractivity contribution in [2.45, 2.75) is 44.9 Å². The number of carbonyl (C=O) groups is 2. The predicted molar refractivity (Wildman–Crippen MR) is 109 cm³/mol. The maximum Gasteiger partial charge on any atom is 0.222 e. The lowest BCUT2D eigenvalue weighted by molar-refractivity contribution is -0.134. The lowest BCUT2D eigenvalue weighted by Crippen LogP contribution is -2.51. The smallest absolute Gasteiger partial charge is 0.222 e. The number of hydrogen-bond acceptors (Lipinski definition) is 4. The minimum Gasteiger partial charge on any atom is -0.342 e. The highest BCUT2D eigenvalue weighted by atomic mass is 16.2. The number of benzene rings is 1. The fourth-order valence-electron chi connectivity index (χ4n) is 4.83. The van der Waals surface area contributed by atoms with Crippen LogP contribution in [0.15, 0.2) is 30.3 Å². The van der Waals surface area contributed by atoms with Crippen molar-refractivity contribution in [2.75, 3.05) is 26.2 Å². The number of aromatic nitrogens is 3. The fourth-order valence-corrected chi connectivity index (χ4v) is 4.83. The molecule has 4 rings (SSSR count). The van der Waals surface area contributed by atoms with E-state index >= 15 is 0 Å². The molecule has 2 aliphatic heterocycles. The van der Waals surface area contributed by atoms with E-state index in [2.05, 4.69) is 27.3 Å². The summed E-state index contributed by atoms with van der Waals surface area (Å²) in [7, 11) is 0. The molecule has 1 N–H and O–H groups in total. The number of nitrogens with zero attached hydrogens (tertiary/aromatic N) is 4. The Labute approximate surface area is 171 Å². The largest absolute Gasteiger partial charge is 0.342 e. The second kappa shape index (κ2) is 7.97. The number of fused-ring (bicyclic) bond motifs is 1. The molecule has 0 spiro atoms. The number of rotatable bonds is 5. The molecule has 2 saturated heterocycles. The first-order valence-corrected chi connectivity index (χ1v) is 10.4. The first kappa shape index (κ1) is 19.6. The van der Waals surface area contributed by atoms with Gasteiger partial charge in [-0.05, 0) is 31.7 Å². The molecule has 2 fully saturated rings. The average molecular weight is 396 g/mol. The van der Waals surface area contributed by atoms with E-state index in [4.69, 9.17) is 0 Å². The average Bonchev–Trinajstić information content (AvgIpc) is 3.32. The normalized spacial score (nSPS) is 23.9. The quantitative estimate of drug-likeness (QED) is 0.840. The summed E-state index contributed by atoms with van der Waals surface area (Å²) >= 11 is 0. The van der Waals surface area contributed by atoms with Crippen LogP contribution in [0, 0.1) is 12.8 Å². The van der Waals surface area contributed by atoms with Crippen LogP contribution in [0.3, 0.4) is 0 Å². The van der Waals surface area contributed by atoms with Gasteiger partial charge >= 0.3 is 0 Å². The molecule has 2 aliphatic rings. The third kappa shape index (κ3) is 3.91. The number of aryl methyl sites for hydroxylation is 2. The number of amides is 2. The summed E-state index contributed by atoms with van der Waals surface area (Å²) < 4.78 is 0. The molecule has 0 aliphatic carbocycles. The maximum absolute atomic E-state index is 12.8. The van der Waals surface area contributed by atoms with Crippen LogP contribution in [0.2, 0.25) is 0 Å². The van der Waals surface area contributed by atoms with Crippen LogP contribution < -0.4 is 0 Å². The van der Waals surface area contributed by atoms with Crippen molar-refractivity contribution in [2.24, 2.45) is 5.92 Å². The molecule has 1 aromatic heterocycles. The highest BCUT2D eigenvalue weighted by Crippen LogP contribution is 2.44. The molecule has 2 unspecified atom stereocenters. The van der Waals surface area contributed by atoms with Gasteiger partial charge in [0.25, 0.3) is 0 Å². The monoisotopic (exact) mass is 395 g/mol. The molecule has 7 nitrogen and oxygen atoms in total. The van der Waals surface area contributed by atoms with Gasteiger partial charge in [-0.15, -0.1) is 0 Å². The van der Waals surface area contributed by atoms with Crippen molar-refractivity contribution in [3.63, 3.8) is 0 Å². The summed E-state index contributed by atoms with van der Waals surface area (Å²) in [5.41, 5.74) is 1.02. The number of aromatic amines is 1. The highest BCUT2D eigenvalue weighted by molar-refractivity contribution is 5.77. The van der Waals surface area contributed by atoms with Crippen LogP contribution in [-0.4, -0.2) is 63.0 Å². The van der Waals surface area contributed by atoms with Gasteiger partial charge in [0.2, 0.25) is 11.8 Å². The summed E-state index contributed by atoms with van der Waals surface area (Å²) in [6.07, 6.45) is 3.13. The molecule has 154 valence electrons. The van der Waals surface area contributed by atoms with Gasteiger partial charge in [-0.25, -0.2) is 4.98 Å². The number of nitrogens with one attached hydrogen (secondary N) is 1. The van der Waals surface area contributed by atoms with E-state index < -0.39 is 0 Å². The van der Waals surface area contributed by atoms with Gasteiger partial charge in [0.05, 0.1) is 5.41 Å². The number of piperidine rings is 1. The SMILES string of the molecule is CC(=O)N1CC2CN(C(=O)CCCc3ccccc3)CCC2(c2n[nH]c(C)n2)C1. The molecule has 3 heterocycles. The Morgan fingerprint density at radius 2 is 1.97 bits per heavy atom. The second-order valence-corrected chi connectivity index (χ2v) is 8.43. The van der Waals surface area contributed by atoms with Crippen molar-refractivity contribution in [1.29, 1.82) is 0 Å². The minimum absolute atomic E-state index is 0.0757. The zero-order valence-corrected chi connectivity index (χ0v) is 17.2. The van der Waals surface area contributed by atoms with E-state index in [9.17, 15) is 9.59 Å². The van der Waals surface area contributed by atoms with E-state index in [-0.39, 0.29) is 23.1 Å². The summed E-state index contributed by atoms with van der Waals surface area (Å²) in [4.78, 5) is 33.4. The molecular formula is C22H29N5O2. The summed E-state index contributed by atoms with van der Waals surface area (Å²) in [6, 6.07) is 10.3. The Kier molecular flexibility index (Phi) is 5.39. The Morgan fingerprint density at radius 1 is 1.21 bits per heavy atom. The molecule has 0 bridgehead atoms. The van der Waals surface area contributed by atoms with E-state index in [0.717, 1.165) is 30.9 Å². The molecule has 0 saturated carbocycles. The van der Waals surface area contributed by atoms with Crippen LogP contribution in [-0.2, 0) is 21.4 Å². The number of hydrogen-bond donors (Lipinski definition) is 1. The van der Waals surface area contributed by atoms with Gasteiger partial charge in [-0.2, -0.15) is 5.10 Å². The Bertz CT molecular complexity index is 880. The zero-order chi connectivity index (χ0) is 20.4. The molecule has 2 amide bonds. The molecule has 7 heteroatoms. The molecule has 2 atom stereocenters. The van der Waals surface area contributed by atoms with Gasteiger partial charge in [0.1, 0.15) is 5.82 Å². The zero-order valence-electron chi connectivity index (χ0n) is 17.2. The van der Waals surface area contributed by atoms with Gasteiger partial charge in [0.15, 0.2) is 5.82 Å². The lowest BCUT2D eigenvalue weighted by atomic mass is 9.72. The Hall–Kier alpha value is -2.70. The fraction of sp³-hybridized carbons (Fsp3) is 0.545. The molecule has 2 aromatic rings. The molecule has 29 heavy (non-hydrogen) atoms. The summed E-state index contributed by atoms with van der Waals surface area (Å²) in [5.74, 6) is 2.04. The first-order chi connectivity index (χ1) is 14.0. The van der Waals surface area contributed by atoms with Crippen molar-refractivity contribution in [3.8, 4) is 0 Å². The van der Waals surface area contributed by atoms with Crippen molar-refractivity contribution < 1.29 is 9.59 Å². The second-order valence-electron chi connectivity index (χ2n) is 8.43. The van der Waals surface area contributed by atoms with Crippen molar-refractivity contribution >= 4 is 11.8 Å². The molecule has 1 aromatic carbocycles. The minimum atomic E-state index is -0.253. The van der Waals surface area contributed by atoms with E-state index in [1.165, 1.54) is 5.56 Å². The summed E-state index contributed by atoms with van der Waals surface area (Å²) in [6.45, 7) is 6.17. The topological polar surface area (TPSA) is 82.2 Å². The van der Waals surface area contributed by atoms with Crippen LogP contribution in [0.1, 0.15) is 43.4 Å².